The molecule has 0 bridgehead atoms. The molecule has 3 atom stereocenters. The van der Waals surface area contributed by atoms with Crippen molar-refractivity contribution < 1.29 is 24.5 Å². The van der Waals surface area contributed by atoms with E-state index in [-0.39, 0.29) is 24.9 Å². The first-order chi connectivity index (χ1) is 29.5. The molecule has 0 saturated heterocycles. The summed E-state index contributed by atoms with van der Waals surface area (Å²) in [5.74, 6) is -0.480. The maximum Gasteiger partial charge on any atom is 0.306 e. The van der Waals surface area contributed by atoms with Gasteiger partial charge in [0, 0.05) is 6.42 Å². The first kappa shape index (κ1) is 58.3. The quantitative estimate of drug-likeness (QED) is 0.0322. The summed E-state index contributed by atoms with van der Waals surface area (Å²) in [6, 6.07) is -0.701. The predicted molar refractivity (Wildman–Crippen MR) is 260 cm³/mol. The van der Waals surface area contributed by atoms with E-state index in [1.165, 1.54) is 173 Å². The Labute approximate surface area is 373 Å². The minimum absolute atomic E-state index is 0.0725. The van der Waals surface area contributed by atoms with Crippen molar-refractivity contribution in [3.8, 4) is 0 Å². The predicted octanol–water partition coefficient (Wildman–Crippen LogP) is 15.9. The van der Waals surface area contributed by atoms with Crippen molar-refractivity contribution >= 4 is 11.9 Å². The van der Waals surface area contributed by atoms with E-state index in [1.807, 2.05) is 0 Å². The molecule has 0 heterocycles. The number of rotatable bonds is 48. The van der Waals surface area contributed by atoms with E-state index < -0.39 is 18.2 Å². The second kappa shape index (κ2) is 48.4. The molecule has 0 aliphatic carbocycles. The van der Waals surface area contributed by atoms with Crippen LogP contribution in [0.3, 0.4) is 0 Å². The third kappa shape index (κ3) is 43.0. The lowest BCUT2D eigenvalue weighted by atomic mass is 10.0. The highest BCUT2D eigenvalue weighted by atomic mass is 16.5. The number of ether oxygens (including phenoxy) is 1. The second-order valence-corrected chi connectivity index (χ2v) is 18.3. The topological polar surface area (TPSA) is 95.9 Å². The fourth-order valence-corrected chi connectivity index (χ4v) is 8.19. The van der Waals surface area contributed by atoms with Crippen LogP contribution in [-0.4, -0.2) is 46.9 Å². The number of carbonyl (C=O) groups is 2. The fourth-order valence-electron chi connectivity index (χ4n) is 8.19. The molecule has 3 N–H and O–H groups in total. The molecule has 0 aliphatic heterocycles. The van der Waals surface area contributed by atoms with Crippen molar-refractivity contribution in [3.63, 3.8) is 0 Å². The molecule has 0 fully saturated rings. The molecule has 0 aromatic rings. The average Bonchev–Trinajstić information content (AvgIpc) is 3.24. The Morgan fingerprint density at radius 2 is 0.800 bits per heavy atom. The minimum atomic E-state index is -0.787. The molecule has 0 aromatic carbocycles. The van der Waals surface area contributed by atoms with Crippen LogP contribution < -0.4 is 5.32 Å². The van der Waals surface area contributed by atoms with Gasteiger partial charge < -0.3 is 20.3 Å². The van der Waals surface area contributed by atoms with Crippen LogP contribution in [0, 0.1) is 0 Å². The Kier molecular flexibility index (Phi) is 47.0. The van der Waals surface area contributed by atoms with Crippen LogP contribution in [0.15, 0.2) is 24.3 Å². The van der Waals surface area contributed by atoms with E-state index in [4.69, 9.17) is 4.74 Å². The molecule has 1 amide bonds. The number of amides is 1. The van der Waals surface area contributed by atoms with Crippen molar-refractivity contribution in [2.75, 3.05) is 6.61 Å². The van der Waals surface area contributed by atoms with Crippen LogP contribution in [0.1, 0.15) is 284 Å². The molecule has 0 rings (SSSR count). The number of unbranched alkanes of at least 4 members (excludes halogenated alkanes) is 32. The summed E-state index contributed by atoms with van der Waals surface area (Å²) >= 11 is 0. The summed E-state index contributed by atoms with van der Waals surface area (Å²) < 4.78 is 5.93. The number of esters is 1. The van der Waals surface area contributed by atoms with Gasteiger partial charge in [-0.05, 0) is 77.0 Å². The molecule has 0 aromatic heterocycles. The average molecular weight is 846 g/mol. The van der Waals surface area contributed by atoms with E-state index in [9.17, 15) is 19.8 Å². The van der Waals surface area contributed by atoms with Gasteiger partial charge in [-0.15, -0.1) is 0 Å². The van der Waals surface area contributed by atoms with Gasteiger partial charge in [-0.3, -0.25) is 9.59 Å². The molecule has 0 radical (unpaired) electrons. The van der Waals surface area contributed by atoms with Crippen molar-refractivity contribution in [2.24, 2.45) is 0 Å². The van der Waals surface area contributed by atoms with Gasteiger partial charge in [0.15, 0.2) is 0 Å². The number of allylic oxidation sites excluding steroid dienone is 4. The van der Waals surface area contributed by atoms with E-state index >= 15 is 0 Å². The third-order valence-electron chi connectivity index (χ3n) is 12.3. The number of hydrogen-bond donors (Lipinski definition) is 3. The highest BCUT2D eigenvalue weighted by molar-refractivity contribution is 5.77. The lowest BCUT2D eigenvalue weighted by molar-refractivity contribution is -0.151. The largest absolute Gasteiger partial charge is 0.462 e. The summed E-state index contributed by atoms with van der Waals surface area (Å²) in [5, 5.41) is 23.8. The van der Waals surface area contributed by atoms with Gasteiger partial charge in [-0.25, -0.2) is 0 Å². The Balaban J connectivity index is 4.56. The SMILES string of the molecule is CCCCCC/C=C\CCCCCCCC(CC(=O)NC(CO)C(O)CCCCCCCCCCCCCC)OC(=O)CCCCCCC/C=C/CCCCCCCCC. The monoisotopic (exact) mass is 846 g/mol. The summed E-state index contributed by atoms with van der Waals surface area (Å²) in [4.78, 5) is 26.1. The standard InChI is InChI=1S/C54H103NO5/c1-4-7-10-13-16-19-22-25-26-27-29-32-35-38-41-44-47-54(59)60-50(45-42-39-36-33-30-28-23-20-17-14-11-8-5-2)48-53(58)55-51(49-56)52(57)46-43-40-37-34-31-24-21-18-15-12-9-6-3/h20,23,26-27,50-52,56-57H,4-19,21-22,24-25,28-49H2,1-3H3,(H,55,58)/b23-20-,27-26+. The maximum absolute atomic E-state index is 13.2. The van der Waals surface area contributed by atoms with Gasteiger partial charge >= 0.3 is 5.97 Å². The molecular formula is C54H103NO5. The number of nitrogens with one attached hydrogen (secondary N) is 1. The fraction of sp³-hybridized carbons (Fsp3) is 0.889. The van der Waals surface area contributed by atoms with Gasteiger partial charge in [0.05, 0.1) is 25.2 Å². The van der Waals surface area contributed by atoms with Crippen molar-refractivity contribution in [1.29, 1.82) is 0 Å². The Hall–Kier alpha value is -1.66. The minimum Gasteiger partial charge on any atom is -0.462 e. The van der Waals surface area contributed by atoms with E-state index in [0.717, 1.165) is 64.2 Å². The smallest absolute Gasteiger partial charge is 0.306 e. The van der Waals surface area contributed by atoms with Gasteiger partial charge in [0.25, 0.3) is 0 Å². The lowest BCUT2D eigenvalue weighted by Crippen LogP contribution is -2.46. The third-order valence-corrected chi connectivity index (χ3v) is 12.3. The molecule has 6 nitrogen and oxygen atoms in total. The molecule has 0 aliphatic rings. The maximum atomic E-state index is 13.2. The Morgan fingerprint density at radius 3 is 1.20 bits per heavy atom. The molecule has 6 heteroatoms. The number of carbonyl (C=O) groups excluding carboxylic acids is 2. The summed E-state index contributed by atoms with van der Waals surface area (Å²) in [6.07, 6.45) is 55.2. The van der Waals surface area contributed by atoms with Gasteiger partial charge in [-0.1, -0.05) is 218 Å². The van der Waals surface area contributed by atoms with Crippen LogP contribution in [0.4, 0.5) is 0 Å². The zero-order valence-corrected chi connectivity index (χ0v) is 40.4. The Morgan fingerprint density at radius 1 is 0.467 bits per heavy atom. The van der Waals surface area contributed by atoms with Gasteiger partial charge in [0.2, 0.25) is 5.91 Å². The van der Waals surface area contributed by atoms with Crippen molar-refractivity contribution in [1.82, 2.24) is 5.32 Å². The lowest BCUT2D eigenvalue weighted by Gasteiger charge is -2.24. The number of hydrogen-bond acceptors (Lipinski definition) is 5. The highest BCUT2D eigenvalue weighted by Crippen LogP contribution is 2.18. The zero-order chi connectivity index (χ0) is 43.8. The van der Waals surface area contributed by atoms with Crippen LogP contribution in [-0.2, 0) is 14.3 Å². The first-order valence-corrected chi connectivity index (χ1v) is 26.6. The molecule has 354 valence electrons. The van der Waals surface area contributed by atoms with E-state index in [2.05, 4.69) is 50.4 Å². The Bertz CT molecular complexity index is 950. The van der Waals surface area contributed by atoms with Crippen LogP contribution in [0.2, 0.25) is 0 Å². The summed E-state index contributed by atoms with van der Waals surface area (Å²) in [7, 11) is 0. The van der Waals surface area contributed by atoms with Crippen LogP contribution in [0.25, 0.3) is 0 Å². The second-order valence-electron chi connectivity index (χ2n) is 18.3. The molecule has 3 unspecified atom stereocenters. The summed E-state index contributed by atoms with van der Waals surface area (Å²) in [6.45, 7) is 6.48. The molecule has 0 saturated carbocycles. The first-order valence-electron chi connectivity index (χ1n) is 26.6. The van der Waals surface area contributed by atoms with Crippen molar-refractivity contribution in [3.05, 3.63) is 24.3 Å². The van der Waals surface area contributed by atoms with E-state index in [0.29, 0.717) is 19.3 Å². The molecule has 60 heavy (non-hydrogen) atoms. The number of aliphatic hydroxyl groups is 2. The number of aliphatic hydroxyl groups excluding tert-OH is 2. The van der Waals surface area contributed by atoms with Gasteiger partial charge in [-0.2, -0.15) is 0 Å². The van der Waals surface area contributed by atoms with Gasteiger partial charge in [0.1, 0.15) is 6.10 Å². The highest BCUT2D eigenvalue weighted by Gasteiger charge is 2.24. The van der Waals surface area contributed by atoms with Crippen LogP contribution >= 0.6 is 0 Å². The zero-order valence-electron chi connectivity index (χ0n) is 40.4. The van der Waals surface area contributed by atoms with Crippen LogP contribution in [0.5, 0.6) is 0 Å². The normalized spacial score (nSPS) is 13.3. The summed E-state index contributed by atoms with van der Waals surface area (Å²) in [5.41, 5.74) is 0. The molecule has 0 spiro atoms. The van der Waals surface area contributed by atoms with Crippen molar-refractivity contribution in [2.45, 2.75) is 302 Å². The van der Waals surface area contributed by atoms with E-state index in [1.54, 1.807) is 0 Å². The molecular weight excluding hydrogens is 743 g/mol.